The van der Waals surface area contributed by atoms with Crippen molar-refractivity contribution in [3.63, 3.8) is 0 Å². The van der Waals surface area contributed by atoms with E-state index in [4.69, 9.17) is 0 Å². The average molecular weight is 280 g/mol. The number of hydrogen-bond donors (Lipinski definition) is 1. The summed E-state index contributed by atoms with van der Waals surface area (Å²) in [7, 11) is 1.83. The molecule has 0 unspecified atom stereocenters. The second-order valence-electron chi connectivity index (χ2n) is 4.88. The van der Waals surface area contributed by atoms with Crippen LogP contribution in [0.25, 0.3) is 11.0 Å². The molecule has 5 nitrogen and oxygen atoms in total. The molecule has 0 aliphatic carbocycles. The van der Waals surface area contributed by atoms with Gasteiger partial charge in [-0.3, -0.25) is 4.79 Å². The minimum Gasteiger partial charge on any atom is -0.373 e. The lowest BCUT2D eigenvalue weighted by molar-refractivity contribution is 0.773. The summed E-state index contributed by atoms with van der Waals surface area (Å²) < 4.78 is 1.74. The fourth-order valence-electron chi connectivity index (χ4n) is 2.33. The van der Waals surface area contributed by atoms with E-state index in [-0.39, 0.29) is 5.56 Å². The number of anilines is 1. The first-order valence-electron chi connectivity index (χ1n) is 6.78. The van der Waals surface area contributed by atoms with Crippen LogP contribution in [0.4, 0.5) is 5.82 Å². The fourth-order valence-corrected chi connectivity index (χ4v) is 2.33. The molecule has 2 aromatic heterocycles. The van der Waals surface area contributed by atoms with Gasteiger partial charge in [-0.1, -0.05) is 18.2 Å². The summed E-state index contributed by atoms with van der Waals surface area (Å²) in [6.07, 6.45) is 1.78. The van der Waals surface area contributed by atoms with Crippen molar-refractivity contribution in [2.24, 2.45) is 0 Å². The summed E-state index contributed by atoms with van der Waals surface area (Å²) in [6, 6.07) is 11.5. The van der Waals surface area contributed by atoms with Gasteiger partial charge in [0.2, 0.25) is 0 Å². The number of para-hydroxylation sites is 2. The van der Waals surface area contributed by atoms with Gasteiger partial charge < -0.3 is 9.88 Å². The highest BCUT2D eigenvalue weighted by molar-refractivity contribution is 5.74. The molecule has 0 atom stereocenters. The van der Waals surface area contributed by atoms with E-state index in [0.29, 0.717) is 12.2 Å². The number of fused-ring (bicyclic) bond motifs is 1. The van der Waals surface area contributed by atoms with Crippen molar-refractivity contribution < 1.29 is 0 Å². The average Bonchev–Trinajstić information content (AvgIpc) is 2.52. The van der Waals surface area contributed by atoms with Crippen LogP contribution in [0, 0.1) is 6.92 Å². The van der Waals surface area contributed by atoms with Crippen molar-refractivity contribution in [2.45, 2.75) is 13.5 Å². The lowest BCUT2D eigenvalue weighted by atomic mass is 10.2. The summed E-state index contributed by atoms with van der Waals surface area (Å²) in [5.74, 6) is 0.807. The number of nitrogens with one attached hydrogen (secondary N) is 1. The Morgan fingerprint density at radius 3 is 2.71 bits per heavy atom. The molecule has 0 aliphatic heterocycles. The Morgan fingerprint density at radius 1 is 1.19 bits per heavy atom. The zero-order chi connectivity index (χ0) is 14.8. The van der Waals surface area contributed by atoms with Crippen molar-refractivity contribution in [2.75, 3.05) is 12.4 Å². The number of aromatic nitrogens is 3. The molecule has 0 aliphatic rings. The third-order valence-electron chi connectivity index (χ3n) is 3.44. The number of nitrogens with zero attached hydrogens (tertiary/aromatic N) is 3. The van der Waals surface area contributed by atoms with Gasteiger partial charge in [-0.05, 0) is 30.7 Å². The highest BCUT2D eigenvalue weighted by atomic mass is 16.1. The van der Waals surface area contributed by atoms with E-state index in [1.807, 2.05) is 43.4 Å². The summed E-state index contributed by atoms with van der Waals surface area (Å²) in [5, 5.41) is 2.98. The number of hydrogen-bond acceptors (Lipinski definition) is 4. The summed E-state index contributed by atoms with van der Waals surface area (Å²) >= 11 is 0. The van der Waals surface area contributed by atoms with E-state index in [9.17, 15) is 4.79 Å². The number of aryl methyl sites for hydroxylation is 1. The maximum absolute atomic E-state index is 12.4. The molecule has 0 radical (unpaired) electrons. The van der Waals surface area contributed by atoms with Crippen molar-refractivity contribution in [3.05, 3.63) is 64.2 Å². The fraction of sp³-hybridized carbons (Fsp3) is 0.188. The Labute approximate surface area is 122 Å². The summed E-state index contributed by atoms with van der Waals surface area (Å²) in [5.41, 5.74) is 3.09. The molecule has 0 saturated carbocycles. The van der Waals surface area contributed by atoms with E-state index in [1.54, 1.807) is 17.7 Å². The maximum Gasteiger partial charge on any atom is 0.272 e. The van der Waals surface area contributed by atoms with Gasteiger partial charge >= 0.3 is 0 Å². The second kappa shape index (κ2) is 5.36. The minimum atomic E-state index is -0.0635. The van der Waals surface area contributed by atoms with Crippen LogP contribution < -0.4 is 10.9 Å². The van der Waals surface area contributed by atoms with Crippen molar-refractivity contribution in [1.82, 2.24) is 14.5 Å². The third kappa shape index (κ3) is 2.50. The van der Waals surface area contributed by atoms with Crippen LogP contribution in [-0.2, 0) is 6.54 Å². The van der Waals surface area contributed by atoms with Crippen molar-refractivity contribution >= 4 is 16.9 Å². The SMILES string of the molecule is CNc1ccc(Cn2c(=O)c(C)nc3ccccc32)cn1. The summed E-state index contributed by atoms with van der Waals surface area (Å²) in [4.78, 5) is 21.0. The Hall–Kier alpha value is -2.69. The van der Waals surface area contributed by atoms with Crippen LogP contribution in [-0.4, -0.2) is 21.6 Å². The van der Waals surface area contributed by atoms with Crippen molar-refractivity contribution in [3.8, 4) is 0 Å². The zero-order valence-electron chi connectivity index (χ0n) is 12.0. The molecule has 1 N–H and O–H groups in total. The van der Waals surface area contributed by atoms with Crippen LogP contribution in [0.2, 0.25) is 0 Å². The largest absolute Gasteiger partial charge is 0.373 e. The molecule has 0 saturated heterocycles. The highest BCUT2D eigenvalue weighted by Crippen LogP contribution is 2.12. The molecule has 5 heteroatoms. The van der Waals surface area contributed by atoms with Crippen LogP contribution >= 0.6 is 0 Å². The first-order chi connectivity index (χ1) is 10.2. The first-order valence-corrected chi connectivity index (χ1v) is 6.78. The number of pyridine rings is 1. The highest BCUT2D eigenvalue weighted by Gasteiger charge is 2.08. The molecule has 2 heterocycles. The smallest absolute Gasteiger partial charge is 0.272 e. The number of benzene rings is 1. The topological polar surface area (TPSA) is 59.8 Å². The van der Waals surface area contributed by atoms with E-state index in [2.05, 4.69) is 15.3 Å². The van der Waals surface area contributed by atoms with E-state index in [1.165, 1.54) is 0 Å². The Bertz CT molecular complexity index is 837. The molecular weight excluding hydrogens is 264 g/mol. The number of rotatable bonds is 3. The lowest BCUT2D eigenvalue weighted by Gasteiger charge is -2.11. The lowest BCUT2D eigenvalue weighted by Crippen LogP contribution is -2.24. The van der Waals surface area contributed by atoms with Crippen LogP contribution in [0.15, 0.2) is 47.4 Å². The predicted octanol–water partition coefficient (Wildman–Crippen LogP) is 2.19. The Morgan fingerprint density at radius 2 is 2.00 bits per heavy atom. The van der Waals surface area contributed by atoms with Gasteiger partial charge in [-0.15, -0.1) is 0 Å². The monoisotopic (exact) mass is 280 g/mol. The molecule has 106 valence electrons. The molecule has 0 fully saturated rings. The van der Waals surface area contributed by atoms with Gasteiger partial charge in [0.25, 0.3) is 5.56 Å². The zero-order valence-corrected chi connectivity index (χ0v) is 12.0. The third-order valence-corrected chi connectivity index (χ3v) is 3.44. The molecule has 0 bridgehead atoms. The Kier molecular flexibility index (Phi) is 3.39. The maximum atomic E-state index is 12.4. The van der Waals surface area contributed by atoms with Crippen molar-refractivity contribution in [1.29, 1.82) is 0 Å². The van der Waals surface area contributed by atoms with Gasteiger partial charge in [-0.25, -0.2) is 9.97 Å². The van der Waals surface area contributed by atoms with Gasteiger partial charge in [0, 0.05) is 13.2 Å². The second-order valence-corrected chi connectivity index (χ2v) is 4.88. The quantitative estimate of drug-likeness (QED) is 0.799. The minimum absolute atomic E-state index is 0.0635. The molecule has 3 aromatic rings. The molecular formula is C16H16N4O. The molecule has 3 rings (SSSR count). The van der Waals surface area contributed by atoms with Gasteiger partial charge in [0.1, 0.15) is 11.5 Å². The van der Waals surface area contributed by atoms with Gasteiger partial charge in [0.05, 0.1) is 17.6 Å². The van der Waals surface area contributed by atoms with Crippen LogP contribution in [0.3, 0.4) is 0 Å². The predicted molar refractivity (Wildman–Crippen MR) is 83.6 cm³/mol. The van der Waals surface area contributed by atoms with E-state index in [0.717, 1.165) is 22.4 Å². The van der Waals surface area contributed by atoms with Crippen LogP contribution in [0.5, 0.6) is 0 Å². The van der Waals surface area contributed by atoms with E-state index < -0.39 is 0 Å². The Balaban J connectivity index is 2.10. The summed E-state index contributed by atoms with van der Waals surface area (Å²) in [6.45, 7) is 2.23. The molecule has 1 aromatic carbocycles. The normalized spacial score (nSPS) is 10.8. The standard InChI is InChI=1S/C16H16N4O/c1-11-16(21)20(14-6-4-3-5-13(14)19-11)10-12-7-8-15(17-2)18-9-12/h3-9H,10H2,1-2H3,(H,17,18). The molecule has 0 spiro atoms. The van der Waals surface area contributed by atoms with Crippen LogP contribution in [0.1, 0.15) is 11.3 Å². The van der Waals surface area contributed by atoms with Gasteiger partial charge in [-0.2, -0.15) is 0 Å². The van der Waals surface area contributed by atoms with Gasteiger partial charge in [0.15, 0.2) is 0 Å². The first kappa shape index (κ1) is 13.3. The molecule has 21 heavy (non-hydrogen) atoms. The molecule has 0 amide bonds. The van der Waals surface area contributed by atoms with E-state index >= 15 is 0 Å².